The number of hydrogen-bond donors (Lipinski definition) is 1. The third-order valence-electron chi connectivity index (χ3n) is 4.70. The zero-order valence-corrected chi connectivity index (χ0v) is 14.7. The molecule has 2 aromatic carbocycles. The molecule has 128 valence electrons. The summed E-state index contributed by atoms with van der Waals surface area (Å²) < 4.78 is 8.03. The van der Waals surface area contributed by atoms with Crippen molar-refractivity contribution in [3.8, 4) is 22.6 Å². The van der Waals surface area contributed by atoms with Gasteiger partial charge >= 0.3 is 0 Å². The fraction of sp³-hybridized carbons (Fsp3) is 0.300. The molecule has 0 bridgehead atoms. The fourth-order valence-corrected chi connectivity index (χ4v) is 3.47. The van der Waals surface area contributed by atoms with Gasteiger partial charge in [-0.2, -0.15) is 0 Å². The van der Waals surface area contributed by atoms with Crippen LogP contribution in [0.15, 0.2) is 42.7 Å². The average molecular weight is 335 g/mol. The van der Waals surface area contributed by atoms with Gasteiger partial charge in [-0.25, -0.2) is 0 Å². The Kier molecular flexibility index (Phi) is 3.53. The highest BCUT2D eigenvalue weighted by Gasteiger charge is 2.34. The quantitative estimate of drug-likeness (QED) is 0.790. The molecule has 1 N–H and O–H groups in total. The Balaban J connectivity index is 1.76. The van der Waals surface area contributed by atoms with Gasteiger partial charge in [0.05, 0.1) is 11.8 Å². The SMILES string of the molecule is Cc1ccc2c(c1)-c1c(O)cc(CCn3ccnn3)cc1OC2(C)C. The first-order chi connectivity index (χ1) is 11.9. The van der Waals surface area contributed by atoms with E-state index >= 15 is 0 Å². The first kappa shape index (κ1) is 15.7. The van der Waals surface area contributed by atoms with E-state index in [1.165, 1.54) is 0 Å². The largest absolute Gasteiger partial charge is 0.507 e. The number of phenolic OH excluding ortho intramolecular Hbond substituents is 1. The van der Waals surface area contributed by atoms with Gasteiger partial charge in [0.1, 0.15) is 17.1 Å². The van der Waals surface area contributed by atoms with Crippen molar-refractivity contribution in [2.75, 3.05) is 0 Å². The molecule has 0 saturated carbocycles. The molecule has 5 heteroatoms. The Morgan fingerprint density at radius 3 is 2.80 bits per heavy atom. The second kappa shape index (κ2) is 5.62. The average Bonchev–Trinajstić information content (AvgIpc) is 3.05. The Bertz CT molecular complexity index is 930. The summed E-state index contributed by atoms with van der Waals surface area (Å²) in [5, 5.41) is 18.5. The van der Waals surface area contributed by atoms with Gasteiger partial charge in [-0.1, -0.05) is 29.0 Å². The molecule has 0 spiro atoms. The second-order valence-electron chi connectivity index (χ2n) is 7.07. The summed E-state index contributed by atoms with van der Waals surface area (Å²) in [4.78, 5) is 0. The minimum Gasteiger partial charge on any atom is -0.507 e. The van der Waals surface area contributed by atoms with Crippen LogP contribution in [0.1, 0.15) is 30.5 Å². The van der Waals surface area contributed by atoms with Crippen LogP contribution in [0.4, 0.5) is 0 Å². The summed E-state index contributed by atoms with van der Waals surface area (Å²) in [6, 6.07) is 10.1. The lowest BCUT2D eigenvalue weighted by atomic mass is 9.84. The summed E-state index contributed by atoms with van der Waals surface area (Å²) >= 11 is 0. The number of aryl methyl sites for hydroxylation is 3. The predicted octanol–water partition coefficient (Wildman–Crippen LogP) is 3.83. The van der Waals surface area contributed by atoms with Gasteiger partial charge in [-0.3, -0.25) is 4.68 Å². The third-order valence-corrected chi connectivity index (χ3v) is 4.70. The lowest BCUT2D eigenvalue weighted by Gasteiger charge is -2.35. The molecule has 0 saturated heterocycles. The van der Waals surface area contributed by atoms with E-state index in [0.29, 0.717) is 6.54 Å². The lowest BCUT2D eigenvalue weighted by molar-refractivity contribution is 0.105. The molecule has 0 fully saturated rings. The molecule has 2 heterocycles. The van der Waals surface area contributed by atoms with E-state index in [2.05, 4.69) is 49.3 Å². The second-order valence-corrected chi connectivity index (χ2v) is 7.07. The molecule has 0 unspecified atom stereocenters. The molecule has 4 rings (SSSR count). The van der Waals surface area contributed by atoms with E-state index in [1.54, 1.807) is 10.9 Å². The van der Waals surface area contributed by atoms with Crippen LogP contribution in [0.2, 0.25) is 0 Å². The number of aromatic nitrogens is 3. The Labute approximate surface area is 146 Å². The van der Waals surface area contributed by atoms with Crippen LogP contribution in [0.3, 0.4) is 0 Å². The maximum absolute atomic E-state index is 10.7. The standard InChI is InChI=1S/C20H21N3O2/c1-13-4-5-16-15(10-13)19-17(24)11-14(6-8-23-9-7-21-22-23)12-18(19)25-20(16,2)3/h4-5,7,9-12,24H,6,8H2,1-3H3. The number of rotatable bonds is 3. The van der Waals surface area contributed by atoms with E-state index < -0.39 is 5.60 Å². The molecule has 0 aliphatic carbocycles. The fourth-order valence-electron chi connectivity index (χ4n) is 3.47. The number of fused-ring (bicyclic) bond motifs is 3. The molecule has 0 radical (unpaired) electrons. The summed E-state index contributed by atoms with van der Waals surface area (Å²) in [5.74, 6) is 0.991. The number of aromatic hydroxyl groups is 1. The van der Waals surface area contributed by atoms with Gasteiger partial charge in [0.15, 0.2) is 0 Å². The summed E-state index contributed by atoms with van der Waals surface area (Å²) in [7, 11) is 0. The van der Waals surface area contributed by atoms with Crippen LogP contribution in [-0.4, -0.2) is 20.1 Å². The van der Waals surface area contributed by atoms with Crippen LogP contribution in [-0.2, 0) is 18.6 Å². The Hall–Kier alpha value is -2.82. The Morgan fingerprint density at radius 1 is 1.20 bits per heavy atom. The number of ether oxygens (including phenoxy) is 1. The zero-order valence-electron chi connectivity index (χ0n) is 14.7. The van der Waals surface area contributed by atoms with E-state index in [-0.39, 0.29) is 5.75 Å². The van der Waals surface area contributed by atoms with Crippen molar-refractivity contribution in [3.05, 3.63) is 59.4 Å². The smallest absolute Gasteiger partial charge is 0.132 e. The summed E-state index contributed by atoms with van der Waals surface area (Å²) in [5.41, 5.74) is 4.66. The maximum Gasteiger partial charge on any atom is 0.132 e. The minimum atomic E-state index is -0.437. The predicted molar refractivity (Wildman–Crippen MR) is 95.7 cm³/mol. The van der Waals surface area contributed by atoms with Crippen molar-refractivity contribution in [2.24, 2.45) is 0 Å². The monoisotopic (exact) mass is 335 g/mol. The summed E-state index contributed by atoms with van der Waals surface area (Å²) in [6.45, 7) is 6.88. The molecule has 0 amide bonds. The molecular formula is C20H21N3O2. The van der Waals surface area contributed by atoms with Gasteiger partial charge < -0.3 is 9.84 Å². The molecule has 0 atom stereocenters. The Morgan fingerprint density at radius 2 is 2.04 bits per heavy atom. The highest BCUT2D eigenvalue weighted by molar-refractivity contribution is 5.82. The van der Waals surface area contributed by atoms with Crippen LogP contribution < -0.4 is 4.74 Å². The number of phenols is 1. The first-order valence-corrected chi connectivity index (χ1v) is 8.44. The van der Waals surface area contributed by atoms with Crippen LogP contribution in [0, 0.1) is 6.92 Å². The molecular weight excluding hydrogens is 314 g/mol. The molecule has 1 aromatic heterocycles. The number of hydrogen-bond acceptors (Lipinski definition) is 4. The van der Waals surface area contributed by atoms with Gasteiger partial charge in [-0.05, 0) is 50.5 Å². The zero-order chi connectivity index (χ0) is 17.6. The van der Waals surface area contributed by atoms with Crippen molar-refractivity contribution in [3.63, 3.8) is 0 Å². The highest BCUT2D eigenvalue weighted by atomic mass is 16.5. The highest BCUT2D eigenvalue weighted by Crippen LogP contribution is 2.49. The minimum absolute atomic E-state index is 0.258. The maximum atomic E-state index is 10.7. The van der Waals surface area contributed by atoms with Crippen molar-refractivity contribution in [1.82, 2.24) is 15.0 Å². The van der Waals surface area contributed by atoms with Gasteiger partial charge in [0.25, 0.3) is 0 Å². The normalized spacial score (nSPS) is 14.5. The summed E-state index contributed by atoms with van der Waals surface area (Å²) in [6.07, 6.45) is 4.24. The molecule has 5 nitrogen and oxygen atoms in total. The van der Waals surface area contributed by atoms with Crippen molar-refractivity contribution < 1.29 is 9.84 Å². The van der Waals surface area contributed by atoms with Crippen molar-refractivity contribution in [1.29, 1.82) is 0 Å². The van der Waals surface area contributed by atoms with Gasteiger partial charge in [0, 0.05) is 18.3 Å². The molecule has 1 aliphatic heterocycles. The molecule has 1 aliphatic rings. The van der Waals surface area contributed by atoms with E-state index in [4.69, 9.17) is 4.74 Å². The topological polar surface area (TPSA) is 60.2 Å². The third kappa shape index (κ3) is 2.76. The molecule has 25 heavy (non-hydrogen) atoms. The van der Waals surface area contributed by atoms with E-state index in [0.717, 1.165) is 40.0 Å². The van der Waals surface area contributed by atoms with Gasteiger partial charge in [-0.15, -0.1) is 5.10 Å². The number of nitrogens with zero attached hydrogens (tertiary/aromatic N) is 3. The van der Waals surface area contributed by atoms with E-state index in [1.807, 2.05) is 18.3 Å². The van der Waals surface area contributed by atoms with Crippen molar-refractivity contribution >= 4 is 0 Å². The van der Waals surface area contributed by atoms with Gasteiger partial charge in [0.2, 0.25) is 0 Å². The van der Waals surface area contributed by atoms with Crippen LogP contribution >= 0.6 is 0 Å². The van der Waals surface area contributed by atoms with Crippen LogP contribution in [0.25, 0.3) is 11.1 Å². The van der Waals surface area contributed by atoms with E-state index in [9.17, 15) is 5.11 Å². The first-order valence-electron chi connectivity index (χ1n) is 8.44. The lowest BCUT2D eigenvalue weighted by Crippen LogP contribution is -2.29. The van der Waals surface area contributed by atoms with Crippen molar-refractivity contribution in [2.45, 2.75) is 39.3 Å². The number of benzene rings is 2. The molecule has 3 aromatic rings. The van der Waals surface area contributed by atoms with Crippen LogP contribution in [0.5, 0.6) is 11.5 Å².